The summed E-state index contributed by atoms with van der Waals surface area (Å²) in [7, 11) is 0. The van der Waals surface area contributed by atoms with E-state index in [0.717, 1.165) is 12.8 Å². The van der Waals surface area contributed by atoms with Gasteiger partial charge in [0.15, 0.2) is 0 Å². The van der Waals surface area contributed by atoms with Crippen LogP contribution in [-0.2, 0) is 9.53 Å². The Morgan fingerprint density at radius 3 is 2.75 bits per heavy atom. The second kappa shape index (κ2) is 6.86. The molecule has 0 aliphatic carbocycles. The maximum absolute atomic E-state index is 11.5. The van der Waals surface area contributed by atoms with Crippen LogP contribution in [0.15, 0.2) is 0 Å². The Morgan fingerprint density at radius 2 is 2.19 bits per heavy atom. The molecule has 0 radical (unpaired) electrons. The van der Waals surface area contributed by atoms with Gasteiger partial charge in [-0.2, -0.15) is 0 Å². The lowest BCUT2D eigenvalue weighted by Gasteiger charge is -2.40. The number of aliphatic hydroxyl groups excluding tert-OH is 1. The summed E-state index contributed by atoms with van der Waals surface area (Å²) in [5, 5.41) is 9.28. The number of nitrogens with zero attached hydrogens (tertiary/aromatic N) is 1. The normalized spacial score (nSPS) is 18.3. The Balaban J connectivity index is 2.00. The Kier molecular flexibility index (Phi) is 5.77. The molecule has 0 aromatic rings. The molecule has 1 atom stereocenters. The zero-order valence-corrected chi connectivity index (χ0v) is 10.3. The highest BCUT2D eigenvalue weighted by atomic mass is 16.5. The molecule has 16 heavy (non-hydrogen) atoms. The van der Waals surface area contributed by atoms with Crippen LogP contribution in [0, 0.1) is 5.92 Å². The van der Waals surface area contributed by atoms with E-state index in [1.165, 1.54) is 6.42 Å². The molecule has 4 heteroatoms. The second-order valence-corrected chi connectivity index (χ2v) is 4.56. The summed E-state index contributed by atoms with van der Waals surface area (Å²) >= 11 is 0. The van der Waals surface area contributed by atoms with Crippen molar-refractivity contribution in [3.8, 4) is 0 Å². The molecular weight excluding hydrogens is 206 g/mol. The first-order valence-corrected chi connectivity index (χ1v) is 6.18. The number of ether oxygens (including phenoxy) is 1. The minimum Gasteiger partial charge on any atom is -0.393 e. The molecule has 0 saturated carbocycles. The van der Waals surface area contributed by atoms with Gasteiger partial charge in [-0.05, 0) is 13.3 Å². The number of amides is 1. The summed E-state index contributed by atoms with van der Waals surface area (Å²) in [6.45, 7) is 6.13. The molecule has 0 aromatic heterocycles. The van der Waals surface area contributed by atoms with Gasteiger partial charge in [-0.15, -0.1) is 0 Å². The van der Waals surface area contributed by atoms with Gasteiger partial charge in [0.05, 0.1) is 6.10 Å². The molecule has 0 bridgehead atoms. The monoisotopic (exact) mass is 229 g/mol. The third-order valence-electron chi connectivity index (χ3n) is 3.06. The van der Waals surface area contributed by atoms with Gasteiger partial charge in [0.2, 0.25) is 5.91 Å². The number of rotatable bonds is 7. The minimum absolute atomic E-state index is 0.0494. The molecule has 1 aliphatic heterocycles. The van der Waals surface area contributed by atoms with E-state index in [4.69, 9.17) is 4.74 Å². The minimum atomic E-state index is -0.311. The Morgan fingerprint density at radius 1 is 1.50 bits per heavy atom. The summed E-state index contributed by atoms with van der Waals surface area (Å²) in [6, 6.07) is 0. The average molecular weight is 229 g/mol. The molecule has 1 saturated heterocycles. The molecule has 0 aromatic carbocycles. The van der Waals surface area contributed by atoms with Gasteiger partial charge in [0, 0.05) is 25.6 Å². The van der Waals surface area contributed by atoms with Crippen LogP contribution >= 0.6 is 0 Å². The summed E-state index contributed by atoms with van der Waals surface area (Å²) in [5.74, 6) is 0.303. The first-order chi connectivity index (χ1) is 7.65. The van der Waals surface area contributed by atoms with Crippen molar-refractivity contribution in [2.75, 3.05) is 26.3 Å². The van der Waals surface area contributed by atoms with Crippen molar-refractivity contribution in [3.63, 3.8) is 0 Å². The van der Waals surface area contributed by atoms with Gasteiger partial charge in [-0.25, -0.2) is 0 Å². The van der Waals surface area contributed by atoms with Crippen LogP contribution < -0.4 is 0 Å². The van der Waals surface area contributed by atoms with Crippen molar-refractivity contribution in [2.24, 2.45) is 5.92 Å². The summed E-state index contributed by atoms with van der Waals surface area (Å²) in [5.41, 5.74) is 0. The summed E-state index contributed by atoms with van der Waals surface area (Å²) < 4.78 is 5.30. The highest BCUT2D eigenvalue weighted by Crippen LogP contribution is 2.18. The van der Waals surface area contributed by atoms with Crippen LogP contribution in [0.4, 0.5) is 0 Å². The fraction of sp³-hybridized carbons (Fsp3) is 0.917. The van der Waals surface area contributed by atoms with E-state index in [0.29, 0.717) is 19.7 Å². The van der Waals surface area contributed by atoms with Crippen LogP contribution in [0.25, 0.3) is 0 Å². The smallest absolute Gasteiger partial charge is 0.248 e. The number of likely N-dealkylation sites (tertiary alicyclic amines) is 1. The van der Waals surface area contributed by atoms with Crippen molar-refractivity contribution in [3.05, 3.63) is 0 Å². The predicted molar refractivity (Wildman–Crippen MR) is 62.1 cm³/mol. The fourth-order valence-electron chi connectivity index (χ4n) is 1.73. The van der Waals surface area contributed by atoms with Gasteiger partial charge in [-0.1, -0.05) is 19.8 Å². The van der Waals surface area contributed by atoms with Gasteiger partial charge in [-0.3, -0.25) is 4.79 Å². The number of hydrogen-bond donors (Lipinski definition) is 1. The summed E-state index contributed by atoms with van der Waals surface area (Å²) in [6.07, 6.45) is 3.04. The highest BCUT2D eigenvalue weighted by Gasteiger charge is 2.33. The molecule has 1 amide bonds. The maximum atomic E-state index is 11.5. The van der Waals surface area contributed by atoms with Crippen molar-refractivity contribution in [1.29, 1.82) is 0 Å². The van der Waals surface area contributed by atoms with E-state index in [9.17, 15) is 9.90 Å². The van der Waals surface area contributed by atoms with E-state index in [2.05, 4.69) is 6.92 Å². The molecule has 1 rings (SSSR count). The lowest BCUT2D eigenvalue weighted by molar-refractivity contribution is -0.145. The average Bonchev–Trinajstić information content (AvgIpc) is 2.14. The van der Waals surface area contributed by atoms with E-state index < -0.39 is 0 Å². The van der Waals surface area contributed by atoms with Crippen LogP contribution in [0.3, 0.4) is 0 Å². The van der Waals surface area contributed by atoms with Gasteiger partial charge in [0.1, 0.15) is 6.61 Å². The molecule has 1 aliphatic rings. The number of carbonyl (C=O) groups is 1. The largest absolute Gasteiger partial charge is 0.393 e. The Hall–Kier alpha value is -0.610. The van der Waals surface area contributed by atoms with Gasteiger partial charge in [0.25, 0.3) is 0 Å². The Labute approximate surface area is 97.6 Å². The Bertz CT molecular complexity index is 212. The number of unbranched alkanes of at least 4 members (excludes halogenated alkanes) is 2. The van der Waals surface area contributed by atoms with Crippen molar-refractivity contribution >= 4 is 5.91 Å². The molecule has 1 N–H and O–H groups in total. The standard InChI is InChI=1S/C12H23NO3/c1-3-4-5-6-16-9-12(15)13-7-11(8-13)10(2)14/h10-11,14H,3-9H2,1-2H3/t10-/m0/s1. The van der Waals surface area contributed by atoms with Crippen LogP contribution in [0.5, 0.6) is 0 Å². The topological polar surface area (TPSA) is 49.8 Å². The fourth-order valence-corrected chi connectivity index (χ4v) is 1.73. The lowest BCUT2D eigenvalue weighted by atomic mass is 9.95. The highest BCUT2D eigenvalue weighted by molar-refractivity contribution is 5.78. The molecule has 0 unspecified atom stereocenters. The van der Waals surface area contributed by atoms with Crippen molar-refractivity contribution < 1.29 is 14.6 Å². The number of aliphatic hydroxyl groups is 1. The third kappa shape index (κ3) is 4.10. The van der Waals surface area contributed by atoms with E-state index in [-0.39, 0.29) is 24.5 Å². The molecule has 4 nitrogen and oxygen atoms in total. The molecule has 94 valence electrons. The molecule has 1 heterocycles. The number of carbonyl (C=O) groups excluding carboxylic acids is 1. The van der Waals surface area contributed by atoms with Crippen molar-refractivity contribution in [1.82, 2.24) is 4.90 Å². The predicted octanol–water partition coefficient (Wildman–Crippen LogP) is 1.03. The van der Waals surface area contributed by atoms with Crippen LogP contribution in [-0.4, -0.2) is 48.3 Å². The first kappa shape index (κ1) is 13.5. The van der Waals surface area contributed by atoms with Gasteiger partial charge < -0.3 is 14.7 Å². The number of hydrogen-bond acceptors (Lipinski definition) is 3. The van der Waals surface area contributed by atoms with Crippen LogP contribution in [0.1, 0.15) is 33.1 Å². The quantitative estimate of drug-likeness (QED) is 0.663. The molecular formula is C12H23NO3. The third-order valence-corrected chi connectivity index (χ3v) is 3.06. The van der Waals surface area contributed by atoms with Crippen LogP contribution in [0.2, 0.25) is 0 Å². The van der Waals surface area contributed by atoms with Gasteiger partial charge >= 0.3 is 0 Å². The molecule has 1 fully saturated rings. The van der Waals surface area contributed by atoms with E-state index >= 15 is 0 Å². The molecule has 0 spiro atoms. The summed E-state index contributed by atoms with van der Waals surface area (Å²) in [4.78, 5) is 13.3. The maximum Gasteiger partial charge on any atom is 0.248 e. The van der Waals surface area contributed by atoms with E-state index in [1.807, 2.05) is 0 Å². The van der Waals surface area contributed by atoms with E-state index in [1.54, 1.807) is 11.8 Å². The zero-order chi connectivity index (χ0) is 12.0. The lowest BCUT2D eigenvalue weighted by Crippen LogP contribution is -2.54. The zero-order valence-electron chi connectivity index (χ0n) is 10.3. The first-order valence-electron chi connectivity index (χ1n) is 6.18. The van der Waals surface area contributed by atoms with Crippen molar-refractivity contribution in [2.45, 2.75) is 39.2 Å². The second-order valence-electron chi connectivity index (χ2n) is 4.56. The SMILES string of the molecule is CCCCCOCC(=O)N1CC([C@H](C)O)C1.